The van der Waals surface area contributed by atoms with Gasteiger partial charge in [-0.2, -0.15) is 0 Å². The van der Waals surface area contributed by atoms with Crippen LogP contribution in [0.25, 0.3) is 0 Å². The molecule has 0 saturated heterocycles. The van der Waals surface area contributed by atoms with Crippen molar-refractivity contribution in [2.75, 3.05) is 13.2 Å². The normalized spacial score (nSPS) is 17.7. The molecule has 0 aromatic heterocycles. The number of aliphatic hydroxyl groups excluding tert-OH is 1. The molecule has 1 fully saturated rings. The van der Waals surface area contributed by atoms with Crippen LogP contribution in [-0.2, 0) is 10.0 Å². The zero-order valence-electron chi connectivity index (χ0n) is 12.6. The number of rotatable bonds is 6. The molecule has 0 atom stereocenters. The molecule has 1 aromatic rings. The third-order valence-corrected chi connectivity index (χ3v) is 5.15. The first-order valence-electron chi connectivity index (χ1n) is 7.32. The fraction of sp³-hybridized carbons (Fsp3) is 0.571. The van der Waals surface area contributed by atoms with E-state index in [0.29, 0.717) is 0 Å². The Morgan fingerprint density at radius 2 is 1.96 bits per heavy atom. The van der Waals surface area contributed by atoms with Crippen LogP contribution >= 0.6 is 0 Å². The molecule has 0 aliphatic heterocycles. The molecule has 9 heteroatoms. The summed E-state index contributed by atoms with van der Waals surface area (Å²) in [5.41, 5.74) is -0.856. The molecular weight excluding hydrogens is 324 g/mol. The summed E-state index contributed by atoms with van der Waals surface area (Å²) < 4.78 is 28.2. The lowest BCUT2D eigenvalue weighted by atomic mass is 9.75. The van der Waals surface area contributed by atoms with E-state index in [4.69, 9.17) is 9.88 Å². The summed E-state index contributed by atoms with van der Waals surface area (Å²) in [7, 11) is -4.03. The van der Waals surface area contributed by atoms with E-state index in [0.717, 1.165) is 38.2 Å². The number of aliphatic hydroxyl groups is 1. The van der Waals surface area contributed by atoms with Crippen molar-refractivity contribution >= 4 is 15.7 Å². The molecule has 0 unspecified atom stereocenters. The van der Waals surface area contributed by atoms with Gasteiger partial charge in [0.1, 0.15) is 0 Å². The Bertz CT molecular complexity index is 683. The summed E-state index contributed by atoms with van der Waals surface area (Å²) in [5, 5.41) is 25.8. The fourth-order valence-electron chi connectivity index (χ4n) is 2.82. The Morgan fingerprint density at radius 1 is 1.30 bits per heavy atom. The number of hydrogen-bond donors (Lipinski definition) is 2. The van der Waals surface area contributed by atoms with E-state index in [2.05, 4.69) is 0 Å². The first-order valence-corrected chi connectivity index (χ1v) is 8.87. The van der Waals surface area contributed by atoms with Crippen molar-refractivity contribution in [2.45, 2.75) is 37.0 Å². The smallest absolute Gasteiger partial charge is 0.312 e. The van der Waals surface area contributed by atoms with Gasteiger partial charge in [0.2, 0.25) is 10.0 Å². The molecule has 0 radical (unpaired) electrons. The lowest BCUT2D eigenvalue weighted by molar-refractivity contribution is -0.386. The first kappa shape index (κ1) is 17.6. The SMILES string of the molecule is NS(=O)(=O)c1ccc(OCC2(CO)CCCCC2)c([N+](=O)[O-])c1. The minimum absolute atomic E-state index is 0.0270. The highest BCUT2D eigenvalue weighted by Crippen LogP contribution is 2.38. The van der Waals surface area contributed by atoms with Gasteiger partial charge in [0, 0.05) is 11.5 Å². The molecule has 0 bridgehead atoms. The standard InChI is InChI=1S/C14H20N2O6S/c15-23(20,21)11-4-5-13(12(8-11)16(18)19)22-10-14(9-17)6-2-1-3-7-14/h4-5,8,17H,1-3,6-7,9-10H2,(H2,15,20,21). The van der Waals surface area contributed by atoms with Crippen molar-refractivity contribution in [1.82, 2.24) is 0 Å². The second kappa shape index (κ2) is 6.81. The van der Waals surface area contributed by atoms with Gasteiger partial charge in [-0.3, -0.25) is 10.1 Å². The van der Waals surface area contributed by atoms with Crippen LogP contribution in [0.15, 0.2) is 23.1 Å². The zero-order valence-corrected chi connectivity index (χ0v) is 13.4. The van der Waals surface area contributed by atoms with Crippen LogP contribution in [0.2, 0.25) is 0 Å². The number of ether oxygens (including phenoxy) is 1. The summed E-state index contributed by atoms with van der Waals surface area (Å²) in [6.45, 7) is 0.106. The highest BCUT2D eigenvalue weighted by atomic mass is 32.2. The molecule has 8 nitrogen and oxygen atoms in total. The molecule has 0 heterocycles. The van der Waals surface area contributed by atoms with Crippen molar-refractivity contribution in [3.8, 4) is 5.75 Å². The third kappa shape index (κ3) is 4.18. The number of benzene rings is 1. The van der Waals surface area contributed by atoms with Gasteiger partial charge >= 0.3 is 5.69 Å². The van der Waals surface area contributed by atoms with Crippen molar-refractivity contribution in [2.24, 2.45) is 10.6 Å². The van der Waals surface area contributed by atoms with Crippen LogP contribution in [0.3, 0.4) is 0 Å². The molecule has 3 N–H and O–H groups in total. The molecule has 128 valence electrons. The zero-order chi connectivity index (χ0) is 17.1. The largest absolute Gasteiger partial charge is 0.486 e. The number of nitrogens with two attached hydrogens (primary N) is 1. The molecular formula is C14H20N2O6S. The quantitative estimate of drug-likeness (QED) is 0.594. The van der Waals surface area contributed by atoms with Crippen molar-refractivity contribution in [3.63, 3.8) is 0 Å². The Kier molecular flexibility index (Phi) is 5.23. The molecule has 0 amide bonds. The summed E-state index contributed by atoms with van der Waals surface area (Å²) in [4.78, 5) is 10.1. The Hall–Kier alpha value is -1.71. The number of nitro groups is 1. The van der Waals surface area contributed by atoms with E-state index in [1.54, 1.807) is 0 Å². The van der Waals surface area contributed by atoms with E-state index in [1.807, 2.05) is 0 Å². The average Bonchev–Trinajstić information content (AvgIpc) is 2.52. The summed E-state index contributed by atoms with van der Waals surface area (Å²) in [5.74, 6) is -0.0270. The number of nitrogens with zero attached hydrogens (tertiary/aromatic N) is 1. The average molecular weight is 344 g/mol. The van der Waals surface area contributed by atoms with Gasteiger partial charge in [-0.1, -0.05) is 19.3 Å². The topological polar surface area (TPSA) is 133 Å². The predicted molar refractivity (Wildman–Crippen MR) is 82.6 cm³/mol. The maximum absolute atomic E-state index is 11.3. The van der Waals surface area contributed by atoms with Gasteiger partial charge in [-0.25, -0.2) is 13.6 Å². The van der Waals surface area contributed by atoms with Gasteiger partial charge in [-0.05, 0) is 25.0 Å². The first-order chi connectivity index (χ1) is 10.8. The summed E-state index contributed by atoms with van der Waals surface area (Å²) in [6, 6.07) is 3.28. The highest BCUT2D eigenvalue weighted by Gasteiger charge is 2.33. The minimum atomic E-state index is -4.03. The van der Waals surface area contributed by atoms with Crippen molar-refractivity contribution in [3.05, 3.63) is 28.3 Å². The Labute approximate surface area is 134 Å². The van der Waals surface area contributed by atoms with Gasteiger partial charge < -0.3 is 9.84 Å². The molecule has 23 heavy (non-hydrogen) atoms. The monoisotopic (exact) mass is 344 g/mol. The van der Waals surface area contributed by atoms with Crippen LogP contribution in [0.1, 0.15) is 32.1 Å². The molecule has 2 rings (SSSR count). The number of sulfonamides is 1. The summed E-state index contributed by atoms with van der Waals surface area (Å²) >= 11 is 0. The van der Waals surface area contributed by atoms with Crippen LogP contribution in [0.5, 0.6) is 5.75 Å². The lowest BCUT2D eigenvalue weighted by Crippen LogP contribution is -2.34. The second-order valence-electron chi connectivity index (χ2n) is 5.94. The third-order valence-electron chi connectivity index (χ3n) is 4.24. The molecule has 1 saturated carbocycles. The molecule has 1 aromatic carbocycles. The molecule has 1 aliphatic carbocycles. The fourth-order valence-corrected chi connectivity index (χ4v) is 3.35. The van der Waals surface area contributed by atoms with Crippen LogP contribution in [-0.4, -0.2) is 31.7 Å². The maximum Gasteiger partial charge on any atom is 0.312 e. The number of nitro benzene ring substituents is 1. The Balaban J connectivity index is 2.24. The lowest BCUT2D eigenvalue weighted by Gasteiger charge is -2.35. The van der Waals surface area contributed by atoms with Gasteiger partial charge in [0.05, 0.1) is 23.0 Å². The van der Waals surface area contributed by atoms with Crippen molar-refractivity contribution < 1.29 is 23.2 Å². The van der Waals surface area contributed by atoms with Crippen LogP contribution in [0, 0.1) is 15.5 Å². The van der Waals surface area contributed by atoms with Gasteiger partial charge in [0.15, 0.2) is 5.75 Å². The maximum atomic E-state index is 11.3. The number of primary sulfonamides is 1. The molecule has 1 aliphatic rings. The van der Waals surface area contributed by atoms with E-state index < -0.39 is 26.0 Å². The van der Waals surface area contributed by atoms with E-state index in [-0.39, 0.29) is 23.9 Å². The highest BCUT2D eigenvalue weighted by molar-refractivity contribution is 7.89. The van der Waals surface area contributed by atoms with E-state index >= 15 is 0 Å². The minimum Gasteiger partial charge on any atom is -0.486 e. The van der Waals surface area contributed by atoms with Gasteiger partial charge in [0.25, 0.3) is 0 Å². The van der Waals surface area contributed by atoms with Crippen LogP contribution < -0.4 is 9.88 Å². The predicted octanol–water partition coefficient (Wildman–Crippen LogP) is 1.56. The van der Waals surface area contributed by atoms with Crippen molar-refractivity contribution in [1.29, 1.82) is 0 Å². The van der Waals surface area contributed by atoms with E-state index in [1.165, 1.54) is 12.1 Å². The molecule has 0 spiro atoms. The summed E-state index contributed by atoms with van der Waals surface area (Å²) in [6.07, 6.45) is 4.66. The van der Waals surface area contributed by atoms with Gasteiger partial charge in [-0.15, -0.1) is 0 Å². The number of hydrogen-bond acceptors (Lipinski definition) is 6. The van der Waals surface area contributed by atoms with Crippen LogP contribution in [0.4, 0.5) is 5.69 Å². The Morgan fingerprint density at radius 3 is 2.48 bits per heavy atom. The second-order valence-corrected chi connectivity index (χ2v) is 7.50. The van der Waals surface area contributed by atoms with E-state index in [9.17, 15) is 23.6 Å².